The maximum Gasteiger partial charge on any atom is 0.254 e. The third-order valence-corrected chi connectivity index (χ3v) is 4.07. The van der Waals surface area contributed by atoms with Gasteiger partial charge in [0.25, 0.3) is 5.91 Å². The number of amides is 1. The molecule has 1 saturated carbocycles. The highest BCUT2D eigenvalue weighted by Gasteiger charge is 2.34. The lowest BCUT2D eigenvalue weighted by Crippen LogP contribution is -2.51. The molecule has 0 unspecified atom stereocenters. The number of para-hydroxylation sites is 1. The van der Waals surface area contributed by atoms with Crippen LogP contribution >= 0.6 is 0 Å². The Labute approximate surface area is 117 Å². The van der Waals surface area contributed by atoms with E-state index in [2.05, 4.69) is 15.3 Å². The molecule has 1 aliphatic carbocycles. The SMILES string of the molecule is NCC1(NC(=O)c2cccc3nccnc23)CCCC1. The quantitative estimate of drug-likeness (QED) is 0.888. The van der Waals surface area contributed by atoms with Crippen molar-refractivity contribution < 1.29 is 4.79 Å². The molecule has 3 rings (SSSR count). The Bertz CT molecular complexity index is 629. The molecule has 1 aromatic heterocycles. The van der Waals surface area contributed by atoms with Crippen LogP contribution in [0.25, 0.3) is 11.0 Å². The first-order chi connectivity index (χ1) is 9.74. The first-order valence-electron chi connectivity index (χ1n) is 6.96. The van der Waals surface area contributed by atoms with Crippen molar-refractivity contribution >= 4 is 16.9 Å². The summed E-state index contributed by atoms with van der Waals surface area (Å²) in [6.07, 6.45) is 7.37. The highest BCUT2D eigenvalue weighted by molar-refractivity contribution is 6.04. The molecular formula is C15H18N4O. The van der Waals surface area contributed by atoms with Gasteiger partial charge < -0.3 is 11.1 Å². The monoisotopic (exact) mass is 270 g/mol. The molecular weight excluding hydrogens is 252 g/mol. The predicted molar refractivity (Wildman–Crippen MR) is 77.3 cm³/mol. The van der Waals surface area contributed by atoms with Crippen LogP contribution in [-0.4, -0.2) is 28.0 Å². The fourth-order valence-corrected chi connectivity index (χ4v) is 2.92. The second-order valence-corrected chi connectivity index (χ2v) is 5.38. The second kappa shape index (κ2) is 5.17. The lowest BCUT2D eigenvalue weighted by molar-refractivity contribution is 0.0904. The summed E-state index contributed by atoms with van der Waals surface area (Å²) in [4.78, 5) is 21.0. The van der Waals surface area contributed by atoms with Gasteiger partial charge in [-0.2, -0.15) is 0 Å². The average molecular weight is 270 g/mol. The normalized spacial score (nSPS) is 17.2. The number of carbonyl (C=O) groups is 1. The number of nitrogens with zero attached hydrogens (tertiary/aromatic N) is 2. The van der Waals surface area contributed by atoms with E-state index in [1.54, 1.807) is 18.5 Å². The van der Waals surface area contributed by atoms with Gasteiger partial charge in [-0.1, -0.05) is 18.9 Å². The second-order valence-electron chi connectivity index (χ2n) is 5.38. The Morgan fingerprint density at radius 1 is 1.25 bits per heavy atom. The van der Waals surface area contributed by atoms with E-state index in [0.29, 0.717) is 17.6 Å². The predicted octanol–water partition coefficient (Wildman–Crippen LogP) is 1.63. The Kier molecular flexibility index (Phi) is 3.36. The van der Waals surface area contributed by atoms with Crippen molar-refractivity contribution in [2.24, 2.45) is 5.73 Å². The van der Waals surface area contributed by atoms with E-state index in [4.69, 9.17) is 5.73 Å². The molecule has 0 bridgehead atoms. The van der Waals surface area contributed by atoms with Gasteiger partial charge in [-0.25, -0.2) is 0 Å². The molecule has 0 aliphatic heterocycles. The number of rotatable bonds is 3. The van der Waals surface area contributed by atoms with Crippen LogP contribution in [0.2, 0.25) is 0 Å². The molecule has 1 heterocycles. The van der Waals surface area contributed by atoms with E-state index in [1.165, 1.54) is 0 Å². The van der Waals surface area contributed by atoms with Crippen molar-refractivity contribution in [2.45, 2.75) is 31.2 Å². The van der Waals surface area contributed by atoms with Gasteiger partial charge in [0.2, 0.25) is 0 Å². The Morgan fingerprint density at radius 3 is 2.75 bits per heavy atom. The van der Waals surface area contributed by atoms with E-state index in [1.807, 2.05) is 12.1 Å². The van der Waals surface area contributed by atoms with Crippen molar-refractivity contribution in [1.29, 1.82) is 0 Å². The minimum Gasteiger partial charge on any atom is -0.345 e. The summed E-state index contributed by atoms with van der Waals surface area (Å²) in [7, 11) is 0. The summed E-state index contributed by atoms with van der Waals surface area (Å²) >= 11 is 0. The third-order valence-electron chi connectivity index (χ3n) is 4.07. The van der Waals surface area contributed by atoms with Gasteiger partial charge in [0, 0.05) is 18.9 Å². The zero-order chi connectivity index (χ0) is 14.0. The summed E-state index contributed by atoms with van der Waals surface area (Å²) < 4.78 is 0. The zero-order valence-corrected chi connectivity index (χ0v) is 11.3. The highest BCUT2D eigenvalue weighted by Crippen LogP contribution is 2.29. The molecule has 1 fully saturated rings. The van der Waals surface area contributed by atoms with Gasteiger partial charge in [0.15, 0.2) is 0 Å². The van der Waals surface area contributed by atoms with E-state index >= 15 is 0 Å². The third kappa shape index (κ3) is 2.25. The number of nitrogens with two attached hydrogens (primary N) is 1. The minimum absolute atomic E-state index is 0.108. The fourth-order valence-electron chi connectivity index (χ4n) is 2.92. The molecule has 20 heavy (non-hydrogen) atoms. The Morgan fingerprint density at radius 2 is 2.00 bits per heavy atom. The van der Waals surface area contributed by atoms with Gasteiger partial charge in [-0.15, -0.1) is 0 Å². The van der Waals surface area contributed by atoms with Crippen LogP contribution in [-0.2, 0) is 0 Å². The summed E-state index contributed by atoms with van der Waals surface area (Å²) in [5.74, 6) is -0.108. The van der Waals surface area contributed by atoms with E-state index < -0.39 is 0 Å². The van der Waals surface area contributed by atoms with Gasteiger partial charge in [-0.05, 0) is 25.0 Å². The summed E-state index contributed by atoms with van der Waals surface area (Å²) in [5.41, 5.74) is 7.55. The number of carbonyl (C=O) groups excluding carboxylic acids is 1. The largest absolute Gasteiger partial charge is 0.345 e. The van der Waals surface area contributed by atoms with E-state index in [0.717, 1.165) is 31.2 Å². The van der Waals surface area contributed by atoms with Crippen molar-refractivity contribution in [3.63, 3.8) is 0 Å². The van der Waals surface area contributed by atoms with Gasteiger partial charge in [0.05, 0.1) is 16.6 Å². The minimum atomic E-state index is -0.249. The molecule has 0 atom stereocenters. The van der Waals surface area contributed by atoms with Crippen molar-refractivity contribution in [3.8, 4) is 0 Å². The van der Waals surface area contributed by atoms with Crippen molar-refractivity contribution in [1.82, 2.24) is 15.3 Å². The standard InChI is InChI=1S/C15H18N4O/c16-10-15(6-1-2-7-15)19-14(20)11-4-3-5-12-13(11)18-9-8-17-12/h3-5,8-9H,1-2,6-7,10,16H2,(H,19,20). The first kappa shape index (κ1) is 13.0. The van der Waals surface area contributed by atoms with Crippen LogP contribution in [0.3, 0.4) is 0 Å². The smallest absolute Gasteiger partial charge is 0.254 e. The first-order valence-corrected chi connectivity index (χ1v) is 6.96. The summed E-state index contributed by atoms with van der Waals surface area (Å²) in [6, 6.07) is 5.47. The van der Waals surface area contributed by atoms with E-state index in [-0.39, 0.29) is 11.4 Å². The number of hydrogen-bond acceptors (Lipinski definition) is 4. The van der Waals surface area contributed by atoms with Crippen LogP contribution < -0.4 is 11.1 Å². The van der Waals surface area contributed by atoms with Gasteiger partial charge >= 0.3 is 0 Å². The molecule has 2 aromatic rings. The van der Waals surface area contributed by atoms with Gasteiger partial charge in [-0.3, -0.25) is 14.8 Å². The molecule has 0 spiro atoms. The van der Waals surface area contributed by atoms with Crippen molar-refractivity contribution in [2.75, 3.05) is 6.54 Å². The topological polar surface area (TPSA) is 80.9 Å². The van der Waals surface area contributed by atoms with Crippen LogP contribution in [0.5, 0.6) is 0 Å². The average Bonchev–Trinajstić information content (AvgIpc) is 2.95. The number of hydrogen-bond donors (Lipinski definition) is 2. The molecule has 1 amide bonds. The maximum absolute atomic E-state index is 12.5. The molecule has 0 radical (unpaired) electrons. The Balaban J connectivity index is 1.93. The molecule has 1 aromatic carbocycles. The lowest BCUT2D eigenvalue weighted by atomic mass is 9.97. The van der Waals surface area contributed by atoms with Gasteiger partial charge in [0.1, 0.15) is 5.52 Å². The number of benzene rings is 1. The molecule has 0 saturated heterocycles. The lowest BCUT2D eigenvalue weighted by Gasteiger charge is -2.28. The number of fused-ring (bicyclic) bond motifs is 1. The summed E-state index contributed by atoms with van der Waals surface area (Å²) in [5, 5.41) is 3.12. The number of nitrogens with one attached hydrogen (secondary N) is 1. The van der Waals surface area contributed by atoms with Crippen LogP contribution in [0.1, 0.15) is 36.0 Å². The van der Waals surface area contributed by atoms with Crippen LogP contribution in [0.15, 0.2) is 30.6 Å². The molecule has 5 nitrogen and oxygen atoms in total. The zero-order valence-electron chi connectivity index (χ0n) is 11.3. The maximum atomic E-state index is 12.5. The fraction of sp³-hybridized carbons (Fsp3) is 0.400. The molecule has 5 heteroatoms. The highest BCUT2D eigenvalue weighted by atomic mass is 16.1. The van der Waals surface area contributed by atoms with Crippen LogP contribution in [0.4, 0.5) is 0 Å². The number of aromatic nitrogens is 2. The van der Waals surface area contributed by atoms with Crippen molar-refractivity contribution in [3.05, 3.63) is 36.2 Å². The van der Waals surface area contributed by atoms with Crippen LogP contribution in [0, 0.1) is 0 Å². The Hall–Kier alpha value is -2.01. The summed E-state index contributed by atoms with van der Waals surface area (Å²) in [6.45, 7) is 0.481. The van der Waals surface area contributed by atoms with E-state index in [9.17, 15) is 4.79 Å². The molecule has 3 N–H and O–H groups in total. The molecule has 104 valence electrons. The molecule has 1 aliphatic rings.